The number of aromatic nitrogens is 1. The van der Waals surface area contributed by atoms with Crippen molar-refractivity contribution >= 4 is 21.7 Å². The quantitative estimate of drug-likeness (QED) is 0.193. The van der Waals surface area contributed by atoms with Gasteiger partial charge in [0.15, 0.2) is 0 Å². The highest BCUT2D eigenvalue weighted by molar-refractivity contribution is 7.89. The van der Waals surface area contributed by atoms with E-state index in [4.69, 9.17) is 0 Å². The van der Waals surface area contributed by atoms with Gasteiger partial charge in [-0.2, -0.15) is 17.5 Å². The van der Waals surface area contributed by atoms with E-state index in [9.17, 15) is 39.6 Å². The Kier molecular flexibility index (Phi) is 9.14. The number of pyridine rings is 1. The predicted molar refractivity (Wildman–Crippen MR) is 159 cm³/mol. The molecule has 7 nitrogen and oxygen atoms in total. The molecule has 1 fully saturated rings. The predicted octanol–water partition coefficient (Wildman–Crippen LogP) is 6.79. The van der Waals surface area contributed by atoms with Crippen LogP contribution < -0.4 is 10.6 Å². The van der Waals surface area contributed by atoms with Gasteiger partial charge in [0, 0.05) is 24.6 Å². The Morgan fingerprint density at radius 3 is 2.28 bits per heavy atom. The van der Waals surface area contributed by atoms with Crippen LogP contribution in [0.15, 0.2) is 95.9 Å². The number of carbonyl (C=O) groups excluding carboxylic acids is 1. The Balaban J connectivity index is 1.41. The van der Waals surface area contributed by atoms with Gasteiger partial charge in [-0.25, -0.2) is 26.6 Å². The summed E-state index contributed by atoms with van der Waals surface area (Å²) in [5.74, 6) is -4.87. The van der Waals surface area contributed by atoms with Gasteiger partial charge in [0.2, 0.25) is 15.9 Å². The van der Waals surface area contributed by atoms with E-state index in [0.29, 0.717) is 21.2 Å². The van der Waals surface area contributed by atoms with Crippen molar-refractivity contribution in [1.82, 2.24) is 14.6 Å². The zero-order valence-corrected chi connectivity index (χ0v) is 25.0. The van der Waals surface area contributed by atoms with Gasteiger partial charge in [-0.15, -0.1) is 0 Å². The summed E-state index contributed by atoms with van der Waals surface area (Å²) < 4.78 is 109. The second-order valence-corrected chi connectivity index (χ2v) is 12.8. The van der Waals surface area contributed by atoms with E-state index in [0.717, 1.165) is 42.0 Å². The molecule has 46 heavy (non-hydrogen) atoms. The fourth-order valence-corrected chi connectivity index (χ4v) is 6.72. The number of benzene rings is 3. The first kappa shape index (κ1) is 32.9. The number of hydrogen-bond donors (Lipinski definition) is 2. The average Bonchev–Trinajstić information content (AvgIpc) is 3.36. The van der Waals surface area contributed by atoms with Crippen molar-refractivity contribution in [3.8, 4) is 11.3 Å². The summed E-state index contributed by atoms with van der Waals surface area (Å²) in [6, 6.07) is 18.4. The summed E-state index contributed by atoms with van der Waals surface area (Å²) in [6.45, 7) is 0.402. The highest BCUT2D eigenvalue weighted by Gasteiger charge is 2.52. The minimum atomic E-state index is -4.58. The summed E-state index contributed by atoms with van der Waals surface area (Å²) in [5.41, 5.74) is 1.12. The lowest BCUT2D eigenvalue weighted by molar-refractivity contribution is -0.137. The van der Waals surface area contributed by atoms with Gasteiger partial charge >= 0.3 is 6.18 Å². The average molecular weight is 663 g/mol. The number of carbonyl (C=O) groups is 1. The molecule has 3 aromatic carbocycles. The number of anilines is 1. The van der Waals surface area contributed by atoms with E-state index in [1.165, 1.54) is 18.2 Å². The Morgan fingerprint density at radius 2 is 1.65 bits per heavy atom. The fraction of sp³-hybridized carbons (Fsp3) is 0.250. The van der Waals surface area contributed by atoms with Gasteiger partial charge in [-0.3, -0.25) is 4.79 Å². The van der Waals surface area contributed by atoms with Gasteiger partial charge in [0.05, 0.1) is 22.7 Å². The number of rotatable bonds is 9. The number of alkyl halides is 5. The second kappa shape index (κ2) is 12.8. The van der Waals surface area contributed by atoms with Gasteiger partial charge in [0.25, 0.3) is 5.92 Å². The Labute approximate surface area is 261 Å². The minimum absolute atomic E-state index is 0.240. The molecule has 1 unspecified atom stereocenters. The van der Waals surface area contributed by atoms with E-state index in [2.05, 4.69) is 15.6 Å². The van der Waals surface area contributed by atoms with Crippen molar-refractivity contribution in [1.29, 1.82) is 0 Å². The minimum Gasteiger partial charge on any atom is -0.364 e. The van der Waals surface area contributed by atoms with Crippen molar-refractivity contribution in [3.63, 3.8) is 0 Å². The molecule has 5 rings (SSSR count). The summed E-state index contributed by atoms with van der Waals surface area (Å²) >= 11 is 0. The normalized spacial score (nSPS) is 17.4. The summed E-state index contributed by atoms with van der Waals surface area (Å²) in [4.78, 5) is 17.3. The molecular formula is C32H28F6N4O3S. The molecule has 4 aromatic rings. The number of nitrogens with one attached hydrogen (secondary N) is 2. The highest BCUT2D eigenvalue weighted by atomic mass is 32.2. The van der Waals surface area contributed by atoms with E-state index in [-0.39, 0.29) is 18.3 Å². The largest absolute Gasteiger partial charge is 0.416 e. The van der Waals surface area contributed by atoms with Gasteiger partial charge < -0.3 is 10.6 Å². The van der Waals surface area contributed by atoms with Crippen molar-refractivity contribution in [3.05, 3.63) is 114 Å². The zero-order chi connectivity index (χ0) is 33.3. The Morgan fingerprint density at radius 1 is 1.00 bits per heavy atom. The van der Waals surface area contributed by atoms with E-state index < -0.39 is 63.3 Å². The van der Waals surface area contributed by atoms with Crippen molar-refractivity contribution in [2.75, 3.05) is 11.9 Å². The first-order valence-corrected chi connectivity index (χ1v) is 15.5. The lowest BCUT2D eigenvalue weighted by Gasteiger charge is -2.23. The third-order valence-corrected chi connectivity index (χ3v) is 9.34. The van der Waals surface area contributed by atoms with Crippen LogP contribution in [0, 0.1) is 5.82 Å². The molecule has 2 N–H and O–H groups in total. The summed E-state index contributed by atoms with van der Waals surface area (Å²) in [5, 5.41) is 5.75. The smallest absolute Gasteiger partial charge is 0.364 e. The molecule has 1 aliphatic rings. The molecule has 242 valence electrons. The topological polar surface area (TPSA) is 91.4 Å². The Hall–Kier alpha value is -4.43. The summed E-state index contributed by atoms with van der Waals surface area (Å²) in [7, 11) is -4.58. The number of amides is 1. The van der Waals surface area contributed by atoms with Gasteiger partial charge in [0.1, 0.15) is 17.7 Å². The summed E-state index contributed by atoms with van der Waals surface area (Å²) in [6.07, 6.45) is -5.60. The van der Waals surface area contributed by atoms with Gasteiger partial charge in [-0.1, -0.05) is 42.5 Å². The van der Waals surface area contributed by atoms with E-state index in [1.54, 1.807) is 6.07 Å². The first-order valence-electron chi connectivity index (χ1n) is 14.1. The lowest BCUT2D eigenvalue weighted by Crippen LogP contribution is -2.45. The highest BCUT2D eigenvalue weighted by Crippen LogP contribution is 2.36. The monoisotopic (exact) mass is 662 g/mol. The molecule has 1 aliphatic heterocycles. The zero-order valence-electron chi connectivity index (χ0n) is 24.2. The van der Waals surface area contributed by atoms with Crippen LogP contribution in [0.5, 0.6) is 0 Å². The number of halogens is 6. The Bertz CT molecular complexity index is 1800. The lowest BCUT2D eigenvalue weighted by atomic mass is 10.1. The van der Waals surface area contributed by atoms with Crippen molar-refractivity contribution in [2.24, 2.45) is 0 Å². The van der Waals surface area contributed by atoms with Crippen LogP contribution in [-0.2, 0) is 27.5 Å². The first-order chi connectivity index (χ1) is 21.6. The van der Waals surface area contributed by atoms with Crippen LogP contribution in [0.1, 0.15) is 36.1 Å². The molecule has 0 radical (unpaired) electrons. The molecule has 1 saturated heterocycles. The van der Waals surface area contributed by atoms with Crippen molar-refractivity contribution in [2.45, 2.75) is 49.0 Å². The van der Waals surface area contributed by atoms with E-state index in [1.807, 2.05) is 37.3 Å². The molecule has 0 saturated carbocycles. The molecule has 2 atom stereocenters. The van der Waals surface area contributed by atoms with Crippen LogP contribution in [0.2, 0.25) is 0 Å². The molecule has 2 heterocycles. The molecular weight excluding hydrogens is 634 g/mol. The molecule has 14 heteroatoms. The molecule has 0 bridgehead atoms. The standard InChI is InChI=1S/C32H28F6N4O3S/c1-20(22-5-3-2-4-6-22)40-29-16-21(15-27(41-29)23-7-9-24(10-8-23)32(36,37)38)18-39-30(43)28-17-31(34,35)19-42(28)46(44,45)26-13-11-25(33)12-14-26/h2-16,20,28H,17-19H2,1H3,(H,39,43)(H,40,41)/t20?,28-/m0/s1. The maximum absolute atomic E-state index is 14.5. The third-order valence-electron chi connectivity index (χ3n) is 7.47. The number of hydrogen-bond acceptors (Lipinski definition) is 5. The molecule has 0 spiro atoms. The van der Waals surface area contributed by atoms with Crippen LogP contribution in [0.25, 0.3) is 11.3 Å². The molecule has 1 aromatic heterocycles. The van der Waals surface area contributed by atoms with Crippen LogP contribution in [-0.4, -0.2) is 42.1 Å². The van der Waals surface area contributed by atoms with Gasteiger partial charge in [-0.05, 0) is 66.6 Å². The number of sulfonamides is 1. The van der Waals surface area contributed by atoms with E-state index >= 15 is 0 Å². The van der Waals surface area contributed by atoms with Crippen molar-refractivity contribution < 1.29 is 39.6 Å². The van der Waals surface area contributed by atoms with Crippen LogP contribution in [0.3, 0.4) is 0 Å². The number of nitrogens with zero attached hydrogens (tertiary/aromatic N) is 2. The third kappa shape index (κ3) is 7.50. The fourth-order valence-electron chi connectivity index (χ4n) is 5.10. The maximum Gasteiger partial charge on any atom is 0.416 e. The van der Waals surface area contributed by atoms with Crippen LogP contribution in [0.4, 0.5) is 32.2 Å². The SMILES string of the molecule is CC(Nc1cc(CNC(=O)[C@@H]2CC(F)(F)CN2S(=O)(=O)c2ccc(F)cc2)cc(-c2ccc(C(F)(F)F)cc2)n1)c1ccccc1. The maximum atomic E-state index is 14.5. The molecule has 0 aliphatic carbocycles. The van der Waals surface area contributed by atoms with Crippen LogP contribution >= 0.6 is 0 Å². The molecule has 1 amide bonds. The second-order valence-electron chi connectivity index (χ2n) is 10.9.